The van der Waals surface area contributed by atoms with Gasteiger partial charge in [0.15, 0.2) is 0 Å². The van der Waals surface area contributed by atoms with E-state index in [1.54, 1.807) is 18.3 Å². The number of piperidine rings is 1. The summed E-state index contributed by atoms with van der Waals surface area (Å²) in [6.07, 6.45) is 7.72. The molecule has 2 bridgehead atoms. The summed E-state index contributed by atoms with van der Waals surface area (Å²) < 4.78 is 16.3. The standard InChI is InChI=1S/C28H25FN4O/c29-20-6-1-4-18(15-20)27-23-16-22-7-2-8-25(26(23)31-33(27)21-10-11-21)32(22)28(34)19-9-12-24-17(14-19)5-3-13-30-24/h1,3-6,9,12-15,21-22,25H,2,7-8,10-11,16H2/t22-,25+/m1/s1. The van der Waals surface area contributed by atoms with Crippen molar-refractivity contribution in [2.24, 2.45) is 0 Å². The summed E-state index contributed by atoms with van der Waals surface area (Å²) in [6, 6.07) is 17.0. The van der Waals surface area contributed by atoms with Crippen molar-refractivity contribution in [1.29, 1.82) is 0 Å². The van der Waals surface area contributed by atoms with Crippen molar-refractivity contribution < 1.29 is 9.18 Å². The highest BCUT2D eigenvalue weighted by atomic mass is 19.1. The molecule has 2 aromatic carbocycles. The third-order valence-corrected chi connectivity index (χ3v) is 7.61. The van der Waals surface area contributed by atoms with Gasteiger partial charge in [0.1, 0.15) is 5.82 Å². The van der Waals surface area contributed by atoms with E-state index in [2.05, 4.69) is 14.6 Å². The largest absolute Gasteiger partial charge is 0.327 e. The summed E-state index contributed by atoms with van der Waals surface area (Å²) in [5, 5.41) is 6.08. The van der Waals surface area contributed by atoms with E-state index in [4.69, 9.17) is 5.10 Å². The van der Waals surface area contributed by atoms with E-state index in [9.17, 15) is 9.18 Å². The van der Waals surface area contributed by atoms with E-state index >= 15 is 0 Å². The SMILES string of the molecule is O=C(c1ccc2ncccc2c1)N1[C@@H]2CCC[C@H]1c1nn(C3CC3)c(-c3cccc(F)c3)c1C2. The number of fused-ring (bicyclic) bond motifs is 5. The predicted molar refractivity (Wildman–Crippen MR) is 128 cm³/mol. The zero-order valence-corrected chi connectivity index (χ0v) is 18.8. The second kappa shape index (κ2) is 7.49. The van der Waals surface area contributed by atoms with Gasteiger partial charge in [-0.3, -0.25) is 14.5 Å². The molecule has 1 amide bonds. The lowest BCUT2D eigenvalue weighted by Gasteiger charge is -2.45. The van der Waals surface area contributed by atoms with Crippen molar-refractivity contribution in [3.05, 3.63) is 83.4 Å². The molecule has 4 aromatic rings. The Balaban J connectivity index is 1.33. The summed E-state index contributed by atoms with van der Waals surface area (Å²) >= 11 is 0. The minimum absolute atomic E-state index is 0.0353. The van der Waals surface area contributed by atoms with Gasteiger partial charge in [-0.1, -0.05) is 18.2 Å². The van der Waals surface area contributed by atoms with Gasteiger partial charge in [0.25, 0.3) is 5.91 Å². The van der Waals surface area contributed by atoms with E-state index in [0.29, 0.717) is 11.6 Å². The van der Waals surface area contributed by atoms with E-state index in [1.807, 2.05) is 36.4 Å². The van der Waals surface area contributed by atoms with Gasteiger partial charge >= 0.3 is 0 Å². The second-order valence-electron chi connectivity index (χ2n) is 9.83. The van der Waals surface area contributed by atoms with Crippen molar-refractivity contribution in [3.63, 3.8) is 0 Å². The van der Waals surface area contributed by atoms with Crippen molar-refractivity contribution in [2.75, 3.05) is 0 Å². The zero-order chi connectivity index (χ0) is 22.8. The van der Waals surface area contributed by atoms with Gasteiger partial charge in [-0.15, -0.1) is 0 Å². The molecule has 2 aliphatic heterocycles. The molecule has 0 spiro atoms. The van der Waals surface area contributed by atoms with Gasteiger partial charge in [0.2, 0.25) is 0 Å². The number of amides is 1. The lowest BCUT2D eigenvalue weighted by Crippen LogP contribution is -2.49. The van der Waals surface area contributed by atoms with E-state index in [1.165, 1.54) is 11.6 Å². The Morgan fingerprint density at radius 3 is 2.74 bits per heavy atom. The minimum Gasteiger partial charge on any atom is -0.327 e. The summed E-state index contributed by atoms with van der Waals surface area (Å²) in [6.45, 7) is 0. The fourth-order valence-electron chi connectivity index (χ4n) is 5.93. The fourth-order valence-corrected chi connectivity index (χ4v) is 5.93. The maximum Gasteiger partial charge on any atom is 0.254 e. The average molecular weight is 453 g/mol. The molecule has 2 fully saturated rings. The van der Waals surface area contributed by atoms with Crippen LogP contribution in [-0.2, 0) is 6.42 Å². The van der Waals surface area contributed by atoms with Crippen LogP contribution >= 0.6 is 0 Å². The van der Waals surface area contributed by atoms with Crippen LogP contribution in [0.15, 0.2) is 60.8 Å². The molecule has 2 aromatic heterocycles. The highest BCUT2D eigenvalue weighted by Gasteiger charge is 2.45. The van der Waals surface area contributed by atoms with Gasteiger partial charge in [-0.2, -0.15) is 5.10 Å². The van der Waals surface area contributed by atoms with Crippen LogP contribution in [0, 0.1) is 5.82 Å². The lowest BCUT2D eigenvalue weighted by molar-refractivity contribution is 0.0392. The van der Waals surface area contributed by atoms with Crippen LogP contribution in [0.3, 0.4) is 0 Å². The topological polar surface area (TPSA) is 51.0 Å². The molecule has 1 aliphatic carbocycles. The lowest BCUT2D eigenvalue weighted by atomic mass is 9.81. The average Bonchev–Trinajstić information content (AvgIpc) is 3.63. The molecule has 170 valence electrons. The van der Waals surface area contributed by atoms with Crippen molar-refractivity contribution in [3.8, 4) is 11.3 Å². The van der Waals surface area contributed by atoms with Crippen LogP contribution in [0.25, 0.3) is 22.2 Å². The molecule has 0 unspecified atom stereocenters. The number of nitrogens with zero attached hydrogens (tertiary/aromatic N) is 4. The highest BCUT2D eigenvalue weighted by molar-refractivity contribution is 5.98. The number of rotatable bonds is 3. The van der Waals surface area contributed by atoms with Crippen LogP contribution in [0.5, 0.6) is 0 Å². The summed E-state index contributed by atoms with van der Waals surface area (Å²) in [4.78, 5) is 20.3. The van der Waals surface area contributed by atoms with Crippen LogP contribution < -0.4 is 0 Å². The molecule has 0 radical (unpaired) electrons. The van der Waals surface area contributed by atoms with Gasteiger partial charge in [0.05, 0.1) is 29.0 Å². The van der Waals surface area contributed by atoms with Gasteiger partial charge in [0, 0.05) is 34.3 Å². The zero-order valence-electron chi connectivity index (χ0n) is 18.8. The monoisotopic (exact) mass is 452 g/mol. The number of carbonyl (C=O) groups excluding carboxylic acids is 1. The summed E-state index contributed by atoms with van der Waals surface area (Å²) in [5.74, 6) is -0.159. The third kappa shape index (κ3) is 3.08. The second-order valence-corrected chi connectivity index (χ2v) is 9.83. The molecule has 6 heteroatoms. The first-order valence-electron chi connectivity index (χ1n) is 12.2. The molecule has 0 N–H and O–H groups in total. The molecule has 4 heterocycles. The van der Waals surface area contributed by atoms with Gasteiger partial charge < -0.3 is 4.90 Å². The number of aromatic nitrogens is 3. The Morgan fingerprint density at radius 2 is 1.88 bits per heavy atom. The first-order valence-corrected chi connectivity index (χ1v) is 12.2. The Bertz CT molecular complexity index is 1440. The maximum absolute atomic E-state index is 14.1. The van der Waals surface area contributed by atoms with Gasteiger partial charge in [-0.05, 0) is 74.9 Å². The maximum atomic E-state index is 14.1. The first kappa shape index (κ1) is 19.9. The molecule has 1 saturated heterocycles. The van der Waals surface area contributed by atoms with Crippen molar-refractivity contribution >= 4 is 16.8 Å². The molecule has 34 heavy (non-hydrogen) atoms. The molecule has 7 rings (SSSR count). The smallest absolute Gasteiger partial charge is 0.254 e. The van der Waals surface area contributed by atoms with Crippen molar-refractivity contribution in [1.82, 2.24) is 19.7 Å². The van der Waals surface area contributed by atoms with E-state index in [0.717, 1.165) is 66.4 Å². The number of carbonyl (C=O) groups is 1. The Morgan fingerprint density at radius 1 is 0.971 bits per heavy atom. The Kier molecular flexibility index (Phi) is 4.38. The van der Waals surface area contributed by atoms with Crippen LogP contribution in [0.4, 0.5) is 4.39 Å². The first-order chi connectivity index (χ1) is 16.7. The number of pyridine rings is 1. The van der Waals surface area contributed by atoms with Crippen molar-refractivity contribution in [2.45, 2.75) is 56.7 Å². The summed E-state index contributed by atoms with van der Waals surface area (Å²) in [5.41, 5.74) is 5.76. The number of hydrogen-bond donors (Lipinski definition) is 0. The van der Waals surface area contributed by atoms with Crippen LogP contribution in [0.1, 0.15) is 65.8 Å². The molecular formula is C28H25FN4O. The Labute approximate surface area is 197 Å². The summed E-state index contributed by atoms with van der Waals surface area (Å²) in [7, 11) is 0. The minimum atomic E-state index is -0.228. The van der Waals surface area contributed by atoms with Crippen LogP contribution in [0.2, 0.25) is 0 Å². The molecular weight excluding hydrogens is 427 g/mol. The predicted octanol–water partition coefficient (Wildman–Crippen LogP) is 5.86. The fraction of sp³-hybridized carbons (Fsp3) is 0.321. The number of halogens is 1. The van der Waals surface area contributed by atoms with Crippen LogP contribution in [-0.4, -0.2) is 31.6 Å². The van der Waals surface area contributed by atoms with E-state index < -0.39 is 0 Å². The molecule has 5 nitrogen and oxygen atoms in total. The third-order valence-electron chi connectivity index (χ3n) is 7.61. The quantitative estimate of drug-likeness (QED) is 0.391. The number of benzene rings is 2. The van der Waals surface area contributed by atoms with E-state index in [-0.39, 0.29) is 23.8 Å². The Hall–Kier alpha value is -3.54. The highest BCUT2D eigenvalue weighted by Crippen LogP contribution is 2.48. The normalized spacial score (nSPS) is 21.5. The molecule has 3 aliphatic rings. The number of hydrogen-bond acceptors (Lipinski definition) is 3. The molecule has 2 atom stereocenters. The van der Waals surface area contributed by atoms with Gasteiger partial charge in [-0.25, -0.2) is 4.39 Å². The molecule has 1 saturated carbocycles.